The van der Waals surface area contributed by atoms with Gasteiger partial charge in [0.15, 0.2) is 5.41 Å². The summed E-state index contributed by atoms with van der Waals surface area (Å²) in [5, 5.41) is 14.9. The Morgan fingerprint density at radius 2 is 1.80 bits per heavy atom. The van der Waals surface area contributed by atoms with E-state index in [-0.39, 0.29) is 12.8 Å². The first-order valence-electron chi connectivity index (χ1n) is 8.15. The van der Waals surface area contributed by atoms with Gasteiger partial charge < -0.3 is 9.84 Å². The molecule has 7 heteroatoms. The zero-order chi connectivity index (χ0) is 18.8. The van der Waals surface area contributed by atoms with E-state index in [2.05, 4.69) is 5.10 Å². The highest BCUT2D eigenvalue weighted by Gasteiger charge is 2.54. The fourth-order valence-electron chi connectivity index (χ4n) is 2.72. The number of hydrogen-bond donors (Lipinski definition) is 1. The van der Waals surface area contributed by atoms with Crippen LogP contribution in [-0.2, 0) is 19.1 Å². The lowest BCUT2D eigenvalue weighted by molar-refractivity contribution is -0.177. The van der Waals surface area contributed by atoms with E-state index in [4.69, 9.17) is 4.74 Å². The predicted octanol–water partition coefficient (Wildman–Crippen LogP) is 2.60. The molecule has 0 spiro atoms. The van der Waals surface area contributed by atoms with Crippen molar-refractivity contribution < 1.29 is 24.2 Å². The first kappa shape index (κ1) is 18.6. The molecule has 134 valence electrons. The monoisotopic (exact) mass is 346 g/mol. The van der Waals surface area contributed by atoms with Crippen molar-refractivity contribution in [2.75, 3.05) is 5.01 Å². The van der Waals surface area contributed by atoms with Gasteiger partial charge in [-0.05, 0) is 38.8 Å². The highest BCUT2D eigenvalue weighted by molar-refractivity contribution is 6.22. The van der Waals surface area contributed by atoms with E-state index in [1.165, 1.54) is 11.9 Å². The molecule has 2 rings (SSSR count). The third-order valence-corrected chi connectivity index (χ3v) is 4.85. The van der Waals surface area contributed by atoms with Crippen LogP contribution in [0.4, 0.5) is 5.69 Å². The number of aliphatic carboxylic acids is 1. The number of carboxylic acid groups (broad SMARTS) is 1. The lowest BCUT2D eigenvalue weighted by Crippen LogP contribution is -2.51. The van der Waals surface area contributed by atoms with E-state index >= 15 is 0 Å². The maximum Gasteiger partial charge on any atom is 0.324 e. The molecule has 0 saturated carbocycles. The molecule has 0 fully saturated rings. The maximum atomic E-state index is 12.8. The average molecular weight is 346 g/mol. The molecule has 1 aromatic rings. The number of carboxylic acids is 1. The lowest BCUT2D eigenvalue weighted by Gasteiger charge is -2.30. The third-order valence-electron chi connectivity index (χ3n) is 4.85. The molecule has 0 bridgehead atoms. The number of rotatable bonds is 6. The van der Waals surface area contributed by atoms with Crippen molar-refractivity contribution in [2.45, 2.75) is 46.1 Å². The molecule has 1 unspecified atom stereocenters. The summed E-state index contributed by atoms with van der Waals surface area (Å²) >= 11 is 0. The Labute approximate surface area is 146 Å². The highest BCUT2D eigenvalue weighted by Crippen LogP contribution is 2.34. The van der Waals surface area contributed by atoms with Crippen molar-refractivity contribution in [3.05, 3.63) is 30.3 Å². The van der Waals surface area contributed by atoms with Gasteiger partial charge in [0.1, 0.15) is 0 Å². The number of hydrogen-bond acceptors (Lipinski definition) is 5. The van der Waals surface area contributed by atoms with E-state index in [0.717, 1.165) is 0 Å². The second-order valence-electron chi connectivity index (χ2n) is 6.16. The van der Waals surface area contributed by atoms with Crippen LogP contribution in [0.2, 0.25) is 0 Å². The van der Waals surface area contributed by atoms with Crippen LogP contribution in [-0.4, -0.2) is 34.3 Å². The maximum absolute atomic E-state index is 12.8. The Morgan fingerprint density at radius 3 is 2.28 bits per heavy atom. The molecule has 25 heavy (non-hydrogen) atoms. The minimum atomic E-state index is -1.68. The average Bonchev–Trinajstić information content (AvgIpc) is 2.81. The number of carbonyl (C=O) groups is 3. The lowest BCUT2D eigenvalue weighted by atomic mass is 9.82. The normalized spacial score (nSPS) is 20.4. The van der Waals surface area contributed by atoms with Crippen molar-refractivity contribution in [3.8, 4) is 0 Å². The largest absolute Gasteiger partial charge is 0.480 e. The van der Waals surface area contributed by atoms with Gasteiger partial charge in [-0.15, -0.1) is 0 Å². The number of hydrazone groups is 1. The second kappa shape index (κ2) is 6.66. The Kier molecular flexibility index (Phi) is 4.97. The molecule has 0 aliphatic carbocycles. The van der Waals surface area contributed by atoms with Crippen molar-refractivity contribution in [1.82, 2.24) is 0 Å². The summed E-state index contributed by atoms with van der Waals surface area (Å²) in [6.07, 6.45) is 0.140. The molecule has 0 radical (unpaired) electrons. The van der Waals surface area contributed by atoms with Crippen molar-refractivity contribution in [2.24, 2.45) is 10.5 Å². The summed E-state index contributed by atoms with van der Waals surface area (Å²) in [7, 11) is 0. The summed E-state index contributed by atoms with van der Waals surface area (Å²) in [6.45, 7) is 6.23. The molecular formula is C18H22N2O5. The van der Waals surface area contributed by atoms with Gasteiger partial charge in [0.05, 0.1) is 11.4 Å². The molecule has 0 aromatic heterocycles. The zero-order valence-corrected chi connectivity index (χ0v) is 14.8. The molecule has 1 amide bonds. The minimum absolute atomic E-state index is 0.0700. The number of carbonyl (C=O) groups excluding carboxylic acids is 2. The topological polar surface area (TPSA) is 96.3 Å². The minimum Gasteiger partial charge on any atom is -0.480 e. The first-order chi connectivity index (χ1) is 11.7. The van der Waals surface area contributed by atoms with E-state index in [0.29, 0.717) is 11.4 Å². The van der Waals surface area contributed by atoms with Gasteiger partial charge in [-0.1, -0.05) is 32.0 Å². The van der Waals surface area contributed by atoms with Crippen molar-refractivity contribution >= 4 is 29.2 Å². The van der Waals surface area contributed by atoms with Gasteiger partial charge in [-0.3, -0.25) is 14.4 Å². The molecule has 1 heterocycles. The number of nitrogens with zero attached hydrogens (tertiary/aromatic N) is 2. The van der Waals surface area contributed by atoms with Gasteiger partial charge in [-0.2, -0.15) is 10.1 Å². The number of ether oxygens (including phenoxy) is 1. The smallest absolute Gasteiger partial charge is 0.324 e. The van der Waals surface area contributed by atoms with Crippen LogP contribution < -0.4 is 5.01 Å². The van der Waals surface area contributed by atoms with E-state index in [1.807, 2.05) is 6.07 Å². The van der Waals surface area contributed by atoms with E-state index < -0.39 is 28.9 Å². The van der Waals surface area contributed by atoms with Gasteiger partial charge >= 0.3 is 11.9 Å². The molecule has 0 saturated heterocycles. The fourth-order valence-corrected chi connectivity index (χ4v) is 2.72. The van der Waals surface area contributed by atoms with Crippen molar-refractivity contribution in [3.63, 3.8) is 0 Å². The predicted molar refractivity (Wildman–Crippen MR) is 92.2 cm³/mol. The summed E-state index contributed by atoms with van der Waals surface area (Å²) in [5.41, 5.74) is -2.47. The molecule has 1 atom stereocenters. The van der Waals surface area contributed by atoms with Crippen LogP contribution in [0.3, 0.4) is 0 Å². The Balaban J connectivity index is 2.33. The van der Waals surface area contributed by atoms with Gasteiger partial charge in [0.25, 0.3) is 5.91 Å². The number of para-hydroxylation sites is 1. The van der Waals surface area contributed by atoms with Crippen molar-refractivity contribution in [1.29, 1.82) is 0 Å². The SMILES string of the molecule is CCC(CC)(C(=O)O)C(=O)OC1(C)C(=O)N(c2ccccc2)N=C1C. The van der Waals surface area contributed by atoms with Crippen LogP contribution in [0.15, 0.2) is 35.4 Å². The summed E-state index contributed by atoms with van der Waals surface area (Å²) in [5.74, 6) is -2.72. The molecule has 1 aliphatic rings. The Bertz CT molecular complexity index is 724. The van der Waals surface area contributed by atoms with Gasteiger partial charge in [0, 0.05) is 0 Å². The van der Waals surface area contributed by atoms with Crippen LogP contribution in [0.5, 0.6) is 0 Å². The quantitative estimate of drug-likeness (QED) is 0.631. The molecule has 1 aromatic carbocycles. The van der Waals surface area contributed by atoms with Crippen LogP contribution in [0, 0.1) is 5.41 Å². The zero-order valence-electron chi connectivity index (χ0n) is 14.8. The molecule has 1 aliphatic heterocycles. The second-order valence-corrected chi connectivity index (χ2v) is 6.16. The number of benzene rings is 1. The first-order valence-corrected chi connectivity index (χ1v) is 8.15. The molecule has 1 N–H and O–H groups in total. The number of amides is 1. The van der Waals surface area contributed by atoms with Gasteiger partial charge in [-0.25, -0.2) is 0 Å². The van der Waals surface area contributed by atoms with Crippen LogP contribution >= 0.6 is 0 Å². The fraction of sp³-hybridized carbons (Fsp3) is 0.444. The third kappa shape index (κ3) is 2.90. The Hall–Kier alpha value is -2.70. The van der Waals surface area contributed by atoms with Crippen LogP contribution in [0.25, 0.3) is 0 Å². The van der Waals surface area contributed by atoms with E-state index in [9.17, 15) is 19.5 Å². The standard InChI is InChI=1S/C18H22N2O5/c1-5-18(6-2,15(22)23)16(24)25-17(4)12(3)19-20(14(17)21)13-10-8-7-9-11-13/h7-11H,5-6H2,1-4H3,(H,22,23). The number of anilines is 1. The number of esters is 1. The molecular weight excluding hydrogens is 324 g/mol. The van der Waals surface area contributed by atoms with Gasteiger partial charge in [0.2, 0.25) is 5.60 Å². The summed E-state index contributed by atoms with van der Waals surface area (Å²) in [4.78, 5) is 37.1. The Morgan fingerprint density at radius 1 is 1.24 bits per heavy atom. The van der Waals surface area contributed by atoms with Crippen LogP contribution in [0.1, 0.15) is 40.5 Å². The van der Waals surface area contributed by atoms with E-state index in [1.54, 1.807) is 45.0 Å². The highest BCUT2D eigenvalue weighted by atomic mass is 16.6. The summed E-state index contributed by atoms with van der Waals surface area (Å²) in [6, 6.07) is 8.75. The molecule has 7 nitrogen and oxygen atoms in total. The summed E-state index contributed by atoms with van der Waals surface area (Å²) < 4.78 is 5.44.